The van der Waals surface area contributed by atoms with Gasteiger partial charge < -0.3 is 20.1 Å². The first kappa shape index (κ1) is 23.6. The van der Waals surface area contributed by atoms with E-state index < -0.39 is 43.2 Å². The van der Waals surface area contributed by atoms with Gasteiger partial charge in [0.1, 0.15) is 19.2 Å². The third-order valence-corrected chi connectivity index (χ3v) is 6.02. The predicted molar refractivity (Wildman–Crippen MR) is 115 cm³/mol. The number of halogens is 3. The first-order valence-electron chi connectivity index (χ1n) is 10.8. The molecule has 1 fully saturated rings. The van der Waals surface area contributed by atoms with Gasteiger partial charge in [-0.25, -0.2) is 4.79 Å². The molecule has 2 aromatic carbocycles. The Bertz CT molecular complexity index is 1050. The van der Waals surface area contributed by atoms with Crippen LogP contribution in [0.3, 0.4) is 0 Å². The maximum Gasteiger partial charge on any atom is 0.409 e. The number of carboxylic acid groups (broad SMARTS) is 1. The lowest BCUT2D eigenvalue weighted by Gasteiger charge is -2.26. The quantitative estimate of drug-likeness (QED) is 0.602. The van der Waals surface area contributed by atoms with Gasteiger partial charge in [0.05, 0.1) is 6.42 Å². The molecule has 0 radical (unpaired) electrons. The van der Waals surface area contributed by atoms with Crippen molar-refractivity contribution in [3.05, 3.63) is 59.7 Å². The standard InChI is InChI=1S/C24H23F3N2O5/c25-24(26,27)20(11-21(30)29(12-22(31)32)14-9-10-14)28-23(33)34-13-19-17-7-3-1-5-15(17)16-6-2-4-8-18(16)19/h1-8,14,19-20H,9-13H2,(H,28,33)(H,31,32). The third kappa shape index (κ3) is 5.16. The summed E-state index contributed by atoms with van der Waals surface area (Å²) < 4.78 is 45.8. The summed E-state index contributed by atoms with van der Waals surface area (Å²) in [6.07, 6.45) is -6.24. The Hall–Kier alpha value is -3.56. The number of rotatable bonds is 8. The molecule has 2 N–H and O–H groups in total. The molecule has 2 amide bonds. The Labute approximate surface area is 193 Å². The summed E-state index contributed by atoms with van der Waals surface area (Å²) in [6, 6.07) is 12.2. The topological polar surface area (TPSA) is 95.9 Å². The number of carboxylic acids is 1. The van der Waals surface area contributed by atoms with Gasteiger partial charge in [0.15, 0.2) is 0 Å². The normalized spacial score (nSPS) is 15.7. The number of amides is 2. The maximum atomic E-state index is 13.6. The highest BCUT2D eigenvalue weighted by atomic mass is 19.4. The molecule has 0 aromatic heterocycles. The molecule has 4 rings (SSSR count). The minimum atomic E-state index is -4.92. The number of fused-ring (bicyclic) bond motifs is 3. The van der Waals surface area contributed by atoms with E-state index >= 15 is 0 Å². The van der Waals surface area contributed by atoms with Crippen molar-refractivity contribution in [1.82, 2.24) is 10.2 Å². The van der Waals surface area contributed by atoms with Crippen LogP contribution in [0.5, 0.6) is 0 Å². The molecule has 180 valence electrons. The maximum absolute atomic E-state index is 13.6. The number of carbonyl (C=O) groups excluding carboxylic acids is 2. The largest absolute Gasteiger partial charge is 0.480 e. The van der Waals surface area contributed by atoms with Crippen molar-refractivity contribution in [2.45, 2.75) is 43.4 Å². The van der Waals surface area contributed by atoms with E-state index in [2.05, 4.69) is 0 Å². The average Bonchev–Trinajstić information content (AvgIpc) is 3.57. The van der Waals surface area contributed by atoms with Crippen LogP contribution < -0.4 is 5.32 Å². The molecule has 1 atom stereocenters. The number of carbonyl (C=O) groups is 3. The highest BCUT2D eigenvalue weighted by molar-refractivity contribution is 5.83. The van der Waals surface area contributed by atoms with Crippen LogP contribution in [0.4, 0.5) is 18.0 Å². The zero-order valence-corrected chi connectivity index (χ0v) is 18.0. The highest BCUT2D eigenvalue weighted by Crippen LogP contribution is 2.44. The fourth-order valence-electron chi connectivity index (χ4n) is 4.28. The van der Waals surface area contributed by atoms with E-state index in [0.717, 1.165) is 27.2 Å². The third-order valence-electron chi connectivity index (χ3n) is 6.02. The summed E-state index contributed by atoms with van der Waals surface area (Å²) in [4.78, 5) is 36.6. The molecule has 0 heterocycles. The van der Waals surface area contributed by atoms with Gasteiger partial charge in [0.25, 0.3) is 0 Å². The van der Waals surface area contributed by atoms with Crippen molar-refractivity contribution in [2.24, 2.45) is 0 Å². The summed E-state index contributed by atoms with van der Waals surface area (Å²) in [6.45, 7) is -0.857. The van der Waals surface area contributed by atoms with Crippen molar-refractivity contribution in [3.8, 4) is 11.1 Å². The number of hydrogen-bond acceptors (Lipinski definition) is 4. The van der Waals surface area contributed by atoms with Gasteiger partial charge in [0.2, 0.25) is 5.91 Å². The van der Waals surface area contributed by atoms with Crippen LogP contribution in [0.15, 0.2) is 48.5 Å². The molecule has 0 spiro atoms. The van der Waals surface area contributed by atoms with Crippen LogP contribution in [0.1, 0.15) is 36.3 Å². The Morgan fingerprint density at radius 3 is 2.09 bits per heavy atom. The molecule has 34 heavy (non-hydrogen) atoms. The number of nitrogens with zero attached hydrogens (tertiary/aromatic N) is 1. The molecule has 0 aliphatic heterocycles. The summed E-state index contributed by atoms with van der Waals surface area (Å²) in [7, 11) is 0. The van der Waals surface area contributed by atoms with E-state index in [9.17, 15) is 27.6 Å². The van der Waals surface area contributed by atoms with Gasteiger partial charge in [0, 0.05) is 12.0 Å². The Kier molecular flexibility index (Phi) is 6.49. The van der Waals surface area contributed by atoms with Gasteiger partial charge in [-0.2, -0.15) is 13.2 Å². The molecular formula is C24H23F3N2O5. The van der Waals surface area contributed by atoms with Crippen molar-refractivity contribution in [1.29, 1.82) is 0 Å². The number of alkyl carbamates (subject to hydrolysis) is 1. The summed E-state index contributed by atoms with van der Waals surface area (Å²) in [5, 5.41) is 10.7. The molecule has 1 saturated carbocycles. The molecule has 1 unspecified atom stereocenters. The first-order valence-corrected chi connectivity index (χ1v) is 10.8. The van der Waals surface area contributed by atoms with Gasteiger partial charge >= 0.3 is 18.2 Å². The average molecular weight is 476 g/mol. The van der Waals surface area contributed by atoms with Crippen LogP contribution in [0, 0.1) is 0 Å². The van der Waals surface area contributed by atoms with Crippen LogP contribution >= 0.6 is 0 Å². The van der Waals surface area contributed by atoms with E-state index in [1.807, 2.05) is 48.5 Å². The number of benzene rings is 2. The molecule has 0 bridgehead atoms. The summed E-state index contributed by atoms with van der Waals surface area (Å²) >= 11 is 0. The number of hydrogen-bond donors (Lipinski definition) is 2. The second kappa shape index (κ2) is 9.36. The van der Waals surface area contributed by atoms with Gasteiger partial charge in [-0.15, -0.1) is 0 Å². The Morgan fingerprint density at radius 2 is 1.59 bits per heavy atom. The van der Waals surface area contributed by atoms with Crippen molar-refractivity contribution >= 4 is 18.0 Å². The molecule has 7 nitrogen and oxygen atoms in total. The van der Waals surface area contributed by atoms with Crippen LogP contribution in [-0.4, -0.2) is 59.4 Å². The molecule has 10 heteroatoms. The van der Waals surface area contributed by atoms with E-state index in [0.29, 0.717) is 12.8 Å². The van der Waals surface area contributed by atoms with Gasteiger partial charge in [-0.05, 0) is 35.1 Å². The lowest BCUT2D eigenvalue weighted by molar-refractivity contribution is -0.164. The Balaban J connectivity index is 1.41. The van der Waals surface area contributed by atoms with Crippen molar-refractivity contribution < 1.29 is 37.4 Å². The van der Waals surface area contributed by atoms with Crippen molar-refractivity contribution in [2.75, 3.05) is 13.2 Å². The van der Waals surface area contributed by atoms with Crippen LogP contribution in [-0.2, 0) is 14.3 Å². The highest BCUT2D eigenvalue weighted by Gasteiger charge is 2.45. The predicted octanol–water partition coefficient (Wildman–Crippen LogP) is 3.92. The minimum Gasteiger partial charge on any atom is -0.480 e. The molecular weight excluding hydrogens is 453 g/mol. The molecule has 0 saturated heterocycles. The van der Waals surface area contributed by atoms with Gasteiger partial charge in [-0.1, -0.05) is 48.5 Å². The summed E-state index contributed by atoms with van der Waals surface area (Å²) in [5.41, 5.74) is 3.77. The first-order chi connectivity index (χ1) is 16.1. The zero-order valence-electron chi connectivity index (χ0n) is 18.0. The van der Waals surface area contributed by atoms with Gasteiger partial charge in [-0.3, -0.25) is 9.59 Å². The minimum absolute atomic E-state index is 0.175. The lowest BCUT2D eigenvalue weighted by Crippen LogP contribution is -2.50. The Morgan fingerprint density at radius 1 is 1.03 bits per heavy atom. The fraction of sp³-hybridized carbons (Fsp3) is 0.375. The smallest absolute Gasteiger partial charge is 0.409 e. The number of aliphatic carboxylic acids is 1. The summed E-state index contributed by atoms with van der Waals surface area (Å²) in [5.74, 6) is -2.62. The fourth-order valence-corrected chi connectivity index (χ4v) is 4.28. The monoisotopic (exact) mass is 476 g/mol. The van der Waals surface area contributed by atoms with E-state index in [-0.39, 0.29) is 18.6 Å². The number of alkyl halides is 3. The molecule has 2 aromatic rings. The zero-order chi connectivity index (χ0) is 24.5. The van der Waals surface area contributed by atoms with Crippen LogP contribution in [0.25, 0.3) is 11.1 Å². The van der Waals surface area contributed by atoms with Crippen LogP contribution in [0.2, 0.25) is 0 Å². The second-order valence-corrected chi connectivity index (χ2v) is 8.41. The SMILES string of the molecule is O=C(O)CN(C(=O)CC(NC(=O)OCC1c2ccccc2-c2ccccc21)C(F)(F)F)C1CC1. The van der Waals surface area contributed by atoms with E-state index in [1.165, 1.54) is 0 Å². The molecule has 2 aliphatic rings. The molecule has 2 aliphatic carbocycles. The lowest BCUT2D eigenvalue weighted by atomic mass is 9.98. The van der Waals surface area contributed by atoms with E-state index in [4.69, 9.17) is 9.84 Å². The number of nitrogens with one attached hydrogen (secondary N) is 1. The van der Waals surface area contributed by atoms with E-state index in [1.54, 1.807) is 5.32 Å². The number of ether oxygens (including phenoxy) is 1. The van der Waals surface area contributed by atoms with Crippen molar-refractivity contribution in [3.63, 3.8) is 0 Å². The second-order valence-electron chi connectivity index (χ2n) is 8.41.